The molecule has 0 amide bonds. The summed E-state index contributed by atoms with van der Waals surface area (Å²) < 4.78 is 2.14. The van der Waals surface area contributed by atoms with Gasteiger partial charge in [0.1, 0.15) is 0 Å². The number of nitrogens with one attached hydrogen (secondary N) is 1. The largest absolute Gasteiger partial charge is 0.305 e. The van der Waals surface area contributed by atoms with E-state index < -0.39 is 0 Å². The molecule has 0 aliphatic rings. The highest BCUT2D eigenvalue weighted by Crippen LogP contribution is 2.26. The van der Waals surface area contributed by atoms with E-state index in [2.05, 4.69) is 68.0 Å². The van der Waals surface area contributed by atoms with Gasteiger partial charge in [-0.25, -0.2) is 0 Å². The Bertz CT molecular complexity index is 572. The van der Waals surface area contributed by atoms with Gasteiger partial charge in [-0.05, 0) is 50.4 Å². The Hall–Kier alpha value is -1.61. The van der Waals surface area contributed by atoms with Crippen molar-refractivity contribution in [2.75, 3.05) is 6.54 Å². The van der Waals surface area contributed by atoms with Crippen molar-refractivity contribution < 1.29 is 0 Å². The van der Waals surface area contributed by atoms with Crippen molar-refractivity contribution in [2.45, 2.75) is 53.1 Å². The van der Waals surface area contributed by atoms with E-state index in [0.717, 1.165) is 25.9 Å². The normalized spacial score (nSPS) is 12.6. The summed E-state index contributed by atoms with van der Waals surface area (Å²) in [6.45, 7) is 10.6. The van der Waals surface area contributed by atoms with Gasteiger partial charge in [0.05, 0.1) is 17.4 Å². The fourth-order valence-electron chi connectivity index (χ4n) is 2.72. The van der Waals surface area contributed by atoms with Crippen LogP contribution in [0.4, 0.5) is 0 Å². The average molecular weight is 285 g/mol. The van der Waals surface area contributed by atoms with Gasteiger partial charge in [0.15, 0.2) is 0 Å². The molecule has 0 saturated heterocycles. The summed E-state index contributed by atoms with van der Waals surface area (Å²) in [6.07, 6.45) is 2.11. The number of hydrogen-bond acceptors (Lipinski definition) is 2. The highest BCUT2D eigenvalue weighted by Gasteiger charge is 2.20. The Kier molecular flexibility index (Phi) is 5.57. The quantitative estimate of drug-likeness (QED) is 0.837. The van der Waals surface area contributed by atoms with E-state index in [1.54, 1.807) is 0 Å². The van der Waals surface area contributed by atoms with Crippen LogP contribution in [0, 0.1) is 6.92 Å². The van der Waals surface area contributed by atoms with Crippen LogP contribution in [0.5, 0.6) is 0 Å². The second-order valence-electron chi connectivity index (χ2n) is 5.47. The SMILES string of the molecule is CCCNC(c1ccccc1C)c1cc(CC)nn1CC. The zero-order valence-electron chi connectivity index (χ0n) is 13.7. The van der Waals surface area contributed by atoms with Crippen molar-refractivity contribution in [3.05, 3.63) is 52.8 Å². The molecule has 2 aromatic rings. The zero-order valence-corrected chi connectivity index (χ0v) is 13.7. The predicted molar refractivity (Wildman–Crippen MR) is 88.6 cm³/mol. The van der Waals surface area contributed by atoms with Crippen LogP contribution >= 0.6 is 0 Å². The molecular formula is C18H27N3. The lowest BCUT2D eigenvalue weighted by atomic mass is 9.98. The summed E-state index contributed by atoms with van der Waals surface area (Å²) in [5.74, 6) is 0. The van der Waals surface area contributed by atoms with Crippen LogP contribution in [-0.2, 0) is 13.0 Å². The first-order chi connectivity index (χ1) is 10.2. The van der Waals surface area contributed by atoms with Gasteiger partial charge < -0.3 is 5.32 Å². The molecule has 1 atom stereocenters. The highest BCUT2D eigenvalue weighted by molar-refractivity contribution is 5.35. The number of aromatic nitrogens is 2. The smallest absolute Gasteiger partial charge is 0.0750 e. The Morgan fingerprint density at radius 1 is 1.19 bits per heavy atom. The molecule has 2 rings (SSSR count). The van der Waals surface area contributed by atoms with Crippen molar-refractivity contribution in [1.82, 2.24) is 15.1 Å². The molecule has 0 spiro atoms. The van der Waals surface area contributed by atoms with Crippen molar-refractivity contribution in [3.63, 3.8) is 0 Å². The Morgan fingerprint density at radius 3 is 2.57 bits per heavy atom. The first-order valence-electron chi connectivity index (χ1n) is 8.06. The van der Waals surface area contributed by atoms with Crippen molar-refractivity contribution >= 4 is 0 Å². The summed E-state index contributed by atoms with van der Waals surface area (Å²) in [5, 5.41) is 8.40. The molecule has 0 aliphatic carbocycles. The molecule has 1 aromatic heterocycles. The molecule has 114 valence electrons. The maximum atomic E-state index is 4.71. The molecule has 0 aliphatic heterocycles. The molecular weight excluding hydrogens is 258 g/mol. The number of aryl methyl sites for hydroxylation is 3. The van der Waals surface area contributed by atoms with Crippen molar-refractivity contribution in [3.8, 4) is 0 Å². The molecule has 0 radical (unpaired) electrons. The molecule has 0 saturated carbocycles. The Balaban J connectivity index is 2.45. The molecule has 1 N–H and O–H groups in total. The van der Waals surface area contributed by atoms with Crippen LogP contribution in [0.15, 0.2) is 30.3 Å². The number of rotatable bonds is 7. The third kappa shape index (κ3) is 3.53. The third-order valence-electron chi connectivity index (χ3n) is 3.92. The molecule has 3 heteroatoms. The fourth-order valence-corrected chi connectivity index (χ4v) is 2.72. The van der Waals surface area contributed by atoms with Crippen molar-refractivity contribution in [2.24, 2.45) is 0 Å². The fraction of sp³-hybridized carbons (Fsp3) is 0.500. The van der Waals surface area contributed by atoms with E-state index in [4.69, 9.17) is 5.10 Å². The van der Waals surface area contributed by atoms with E-state index in [9.17, 15) is 0 Å². The van der Waals surface area contributed by atoms with Gasteiger partial charge in [0, 0.05) is 6.54 Å². The van der Waals surface area contributed by atoms with Crippen LogP contribution in [-0.4, -0.2) is 16.3 Å². The summed E-state index contributed by atoms with van der Waals surface area (Å²) in [4.78, 5) is 0. The van der Waals surface area contributed by atoms with Gasteiger partial charge in [-0.15, -0.1) is 0 Å². The molecule has 1 heterocycles. The van der Waals surface area contributed by atoms with Crippen LogP contribution in [0.1, 0.15) is 55.7 Å². The van der Waals surface area contributed by atoms with Gasteiger partial charge in [-0.3, -0.25) is 4.68 Å². The first-order valence-corrected chi connectivity index (χ1v) is 8.06. The van der Waals surface area contributed by atoms with E-state index in [1.807, 2.05) is 0 Å². The van der Waals surface area contributed by atoms with E-state index in [0.29, 0.717) is 0 Å². The summed E-state index contributed by atoms with van der Waals surface area (Å²) >= 11 is 0. The number of nitrogens with zero attached hydrogens (tertiary/aromatic N) is 2. The van der Waals surface area contributed by atoms with Crippen molar-refractivity contribution in [1.29, 1.82) is 0 Å². The highest BCUT2D eigenvalue weighted by atomic mass is 15.3. The van der Waals surface area contributed by atoms with Crippen LogP contribution < -0.4 is 5.32 Å². The lowest BCUT2D eigenvalue weighted by Crippen LogP contribution is -2.26. The van der Waals surface area contributed by atoms with E-state index in [-0.39, 0.29) is 6.04 Å². The topological polar surface area (TPSA) is 29.9 Å². The number of hydrogen-bond donors (Lipinski definition) is 1. The third-order valence-corrected chi connectivity index (χ3v) is 3.92. The van der Waals surface area contributed by atoms with E-state index >= 15 is 0 Å². The van der Waals surface area contributed by atoms with Gasteiger partial charge >= 0.3 is 0 Å². The molecule has 0 fully saturated rings. The first kappa shape index (κ1) is 15.8. The van der Waals surface area contributed by atoms with Gasteiger partial charge in [0.2, 0.25) is 0 Å². The number of benzene rings is 1. The average Bonchev–Trinajstić information content (AvgIpc) is 2.92. The standard InChI is InChI=1S/C18H27N3/c1-5-12-19-18(16-11-9-8-10-14(16)4)17-13-15(6-2)20-21(17)7-3/h8-11,13,18-19H,5-7,12H2,1-4H3. The van der Waals surface area contributed by atoms with Gasteiger partial charge in [0.25, 0.3) is 0 Å². The molecule has 1 aromatic carbocycles. The van der Waals surface area contributed by atoms with Gasteiger partial charge in [-0.2, -0.15) is 5.10 Å². The molecule has 0 bridgehead atoms. The summed E-state index contributed by atoms with van der Waals surface area (Å²) in [5.41, 5.74) is 5.12. The second-order valence-corrected chi connectivity index (χ2v) is 5.47. The van der Waals surface area contributed by atoms with Gasteiger partial charge in [-0.1, -0.05) is 38.1 Å². The molecule has 3 nitrogen and oxygen atoms in total. The van der Waals surface area contributed by atoms with Crippen LogP contribution in [0.3, 0.4) is 0 Å². The summed E-state index contributed by atoms with van der Waals surface area (Å²) in [6, 6.07) is 11.1. The minimum atomic E-state index is 0.221. The minimum absolute atomic E-state index is 0.221. The van der Waals surface area contributed by atoms with Crippen LogP contribution in [0.25, 0.3) is 0 Å². The Morgan fingerprint density at radius 2 is 1.95 bits per heavy atom. The molecule has 21 heavy (non-hydrogen) atoms. The maximum absolute atomic E-state index is 4.71. The second kappa shape index (κ2) is 7.41. The maximum Gasteiger partial charge on any atom is 0.0750 e. The van der Waals surface area contributed by atoms with E-state index in [1.165, 1.54) is 22.5 Å². The monoisotopic (exact) mass is 285 g/mol. The minimum Gasteiger partial charge on any atom is -0.305 e. The summed E-state index contributed by atoms with van der Waals surface area (Å²) in [7, 11) is 0. The lowest BCUT2D eigenvalue weighted by Gasteiger charge is -2.22. The lowest BCUT2D eigenvalue weighted by molar-refractivity contribution is 0.527. The Labute approximate surface area is 128 Å². The zero-order chi connectivity index (χ0) is 15.2. The predicted octanol–water partition coefficient (Wildman–Crippen LogP) is 3.86. The van der Waals surface area contributed by atoms with Crippen LogP contribution in [0.2, 0.25) is 0 Å². The molecule has 1 unspecified atom stereocenters.